The van der Waals surface area contributed by atoms with Crippen molar-refractivity contribution in [1.82, 2.24) is 19.7 Å². The normalized spacial score (nSPS) is 16.9. The monoisotopic (exact) mass is 407 g/mol. The van der Waals surface area contributed by atoms with E-state index in [2.05, 4.69) is 43.7 Å². The van der Waals surface area contributed by atoms with Crippen LogP contribution in [0.4, 0.5) is 5.69 Å². The maximum Gasteiger partial charge on any atom is 0.175 e. The highest BCUT2D eigenvalue weighted by atomic mass is 32.2. The van der Waals surface area contributed by atoms with Crippen molar-refractivity contribution < 1.29 is 8.42 Å². The molecule has 4 aromatic rings. The summed E-state index contributed by atoms with van der Waals surface area (Å²) in [6.45, 7) is 3.70. The quantitative estimate of drug-likeness (QED) is 0.564. The molecule has 7 nitrogen and oxygen atoms in total. The molecule has 5 rings (SSSR count). The molecule has 0 aliphatic carbocycles. The second-order valence-corrected chi connectivity index (χ2v) is 9.55. The van der Waals surface area contributed by atoms with Gasteiger partial charge in [0.25, 0.3) is 0 Å². The summed E-state index contributed by atoms with van der Waals surface area (Å²) in [7, 11) is -3.21. The number of sulfone groups is 1. The van der Waals surface area contributed by atoms with Gasteiger partial charge in [-0.25, -0.2) is 13.4 Å². The Hall–Kier alpha value is -3.13. The highest BCUT2D eigenvalue weighted by Crippen LogP contribution is 2.34. The number of pyridine rings is 1. The zero-order valence-corrected chi connectivity index (χ0v) is 17.0. The van der Waals surface area contributed by atoms with Crippen molar-refractivity contribution in [2.24, 2.45) is 0 Å². The lowest BCUT2D eigenvalue weighted by molar-refractivity contribution is 0.440. The van der Waals surface area contributed by atoms with Gasteiger partial charge in [-0.1, -0.05) is 12.1 Å². The Morgan fingerprint density at radius 3 is 2.69 bits per heavy atom. The number of H-pyrrole nitrogens is 1. The van der Waals surface area contributed by atoms with Gasteiger partial charge in [-0.05, 0) is 36.8 Å². The van der Waals surface area contributed by atoms with Gasteiger partial charge in [0.15, 0.2) is 9.84 Å². The summed E-state index contributed by atoms with van der Waals surface area (Å²) in [4.78, 5) is 10.3. The molecule has 1 aliphatic rings. The van der Waals surface area contributed by atoms with Crippen LogP contribution in [0.25, 0.3) is 22.2 Å². The van der Waals surface area contributed by atoms with Gasteiger partial charge in [-0.3, -0.25) is 4.68 Å². The van der Waals surface area contributed by atoms with Gasteiger partial charge >= 0.3 is 0 Å². The molecule has 29 heavy (non-hydrogen) atoms. The fourth-order valence-electron chi connectivity index (χ4n) is 4.04. The number of aromatic amines is 1. The highest BCUT2D eigenvalue weighted by molar-refractivity contribution is 7.90. The molecule has 0 bridgehead atoms. The molecule has 0 saturated heterocycles. The Kier molecular flexibility index (Phi) is 3.99. The van der Waals surface area contributed by atoms with Crippen molar-refractivity contribution in [1.29, 1.82) is 0 Å². The molecule has 1 atom stereocenters. The van der Waals surface area contributed by atoms with E-state index in [1.165, 1.54) is 6.26 Å². The van der Waals surface area contributed by atoms with Crippen LogP contribution in [0.3, 0.4) is 0 Å². The summed E-state index contributed by atoms with van der Waals surface area (Å²) in [5.74, 6) is 0. The van der Waals surface area contributed by atoms with Gasteiger partial charge in [0, 0.05) is 41.3 Å². The molecule has 1 aliphatic heterocycles. The molecule has 0 amide bonds. The van der Waals surface area contributed by atoms with Gasteiger partial charge in [-0.2, -0.15) is 5.10 Å². The highest BCUT2D eigenvalue weighted by Gasteiger charge is 2.27. The third kappa shape index (κ3) is 3.00. The lowest BCUT2D eigenvalue weighted by atomic mass is 10.0. The van der Waals surface area contributed by atoms with Crippen LogP contribution in [0, 0.1) is 0 Å². The fraction of sp³-hybridized carbons (Fsp3) is 0.238. The summed E-state index contributed by atoms with van der Waals surface area (Å²) in [6, 6.07) is 11.4. The summed E-state index contributed by atoms with van der Waals surface area (Å²) in [5.41, 5.74) is 5.15. The molecule has 0 radical (unpaired) electrons. The van der Waals surface area contributed by atoms with Gasteiger partial charge < -0.3 is 9.88 Å². The Balaban J connectivity index is 1.55. The molecule has 3 aromatic heterocycles. The van der Waals surface area contributed by atoms with Gasteiger partial charge in [0.2, 0.25) is 0 Å². The van der Waals surface area contributed by atoms with Crippen LogP contribution in [0.1, 0.15) is 12.6 Å². The predicted molar refractivity (Wildman–Crippen MR) is 113 cm³/mol. The maximum atomic E-state index is 11.8. The maximum absolute atomic E-state index is 11.8. The van der Waals surface area contributed by atoms with E-state index >= 15 is 0 Å². The van der Waals surface area contributed by atoms with Crippen LogP contribution in [0.2, 0.25) is 0 Å². The van der Waals surface area contributed by atoms with Crippen LogP contribution >= 0.6 is 0 Å². The zero-order chi connectivity index (χ0) is 20.2. The van der Waals surface area contributed by atoms with Crippen LogP contribution in [-0.4, -0.2) is 40.5 Å². The van der Waals surface area contributed by atoms with Crippen LogP contribution in [-0.2, 0) is 22.9 Å². The van der Waals surface area contributed by atoms with Gasteiger partial charge in [0.05, 0.1) is 29.9 Å². The second kappa shape index (κ2) is 6.45. The molecule has 1 N–H and O–H groups in total. The SMILES string of the molecule is C[C@@H]1Cn2ncc(-c3ccc(S(C)(=O)=O)cc3)c2CN1c1ccnc2[nH]ccc12. The smallest absolute Gasteiger partial charge is 0.175 e. The van der Waals surface area contributed by atoms with E-state index in [1.807, 2.05) is 30.7 Å². The molecule has 0 spiro atoms. The molecular weight excluding hydrogens is 386 g/mol. The minimum atomic E-state index is -3.21. The third-order valence-electron chi connectivity index (χ3n) is 5.58. The molecule has 8 heteroatoms. The summed E-state index contributed by atoms with van der Waals surface area (Å²) in [5, 5.41) is 5.69. The van der Waals surface area contributed by atoms with Crippen molar-refractivity contribution in [3.63, 3.8) is 0 Å². The van der Waals surface area contributed by atoms with E-state index in [-0.39, 0.29) is 6.04 Å². The first-order valence-electron chi connectivity index (χ1n) is 9.46. The predicted octanol–water partition coefficient (Wildman–Crippen LogP) is 3.24. The number of fused-ring (bicyclic) bond motifs is 2. The molecule has 4 heterocycles. The summed E-state index contributed by atoms with van der Waals surface area (Å²) < 4.78 is 25.6. The van der Waals surface area contributed by atoms with Gasteiger partial charge in [-0.15, -0.1) is 0 Å². The number of aromatic nitrogens is 4. The van der Waals surface area contributed by atoms with E-state index in [0.717, 1.165) is 40.1 Å². The second-order valence-electron chi connectivity index (χ2n) is 7.53. The van der Waals surface area contributed by atoms with Crippen molar-refractivity contribution >= 4 is 26.6 Å². The molecule has 0 unspecified atom stereocenters. The first-order valence-corrected chi connectivity index (χ1v) is 11.3. The summed E-state index contributed by atoms with van der Waals surface area (Å²) in [6.07, 6.45) is 6.84. The van der Waals surface area contributed by atoms with Crippen molar-refractivity contribution in [2.75, 3.05) is 11.2 Å². The van der Waals surface area contributed by atoms with Crippen LogP contribution in [0.5, 0.6) is 0 Å². The average molecular weight is 407 g/mol. The summed E-state index contributed by atoms with van der Waals surface area (Å²) >= 11 is 0. The molecular formula is C21H21N5O2S. The van der Waals surface area contributed by atoms with E-state index < -0.39 is 9.84 Å². The Morgan fingerprint density at radius 2 is 1.93 bits per heavy atom. The lowest BCUT2D eigenvalue weighted by Gasteiger charge is -2.36. The minimum absolute atomic E-state index is 0.281. The van der Waals surface area contributed by atoms with E-state index in [1.54, 1.807) is 12.1 Å². The van der Waals surface area contributed by atoms with Crippen molar-refractivity contribution in [3.8, 4) is 11.1 Å². The Bertz CT molecular complexity index is 1300. The van der Waals surface area contributed by atoms with Crippen molar-refractivity contribution in [2.45, 2.75) is 31.0 Å². The number of nitrogens with one attached hydrogen (secondary N) is 1. The number of benzene rings is 1. The zero-order valence-electron chi connectivity index (χ0n) is 16.2. The Morgan fingerprint density at radius 1 is 1.14 bits per heavy atom. The number of nitrogens with zero attached hydrogens (tertiary/aromatic N) is 4. The van der Waals surface area contributed by atoms with Crippen LogP contribution in [0.15, 0.2) is 59.9 Å². The van der Waals surface area contributed by atoms with E-state index in [0.29, 0.717) is 11.4 Å². The first kappa shape index (κ1) is 17.9. The van der Waals surface area contributed by atoms with E-state index in [4.69, 9.17) is 0 Å². The largest absolute Gasteiger partial charge is 0.360 e. The molecule has 0 saturated carbocycles. The molecule has 1 aromatic carbocycles. The number of hydrogen-bond donors (Lipinski definition) is 1. The average Bonchev–Trinajstić information content (AvgIpc) is 3.33. The third-order valence-corrected chi connectivity index (χ3v) is 6.71. The fourth-order valence-corrected chi connectivity index (χ4v) is 4.67. The number of rotatable bonds is 3. The minimum Gasteiger partial charge on any atom is -0.360 e. The molecule has 0 fully saturated rings. The topological polar surface area (TPSA) is 83.9 Å². The standard InChI is InChI=1S/C21H21N5O2S/c1-14-12-26-20(13-25(14)19-8-10-23-21-17(19)7-9-22-21)18(11-24-26)15-3-5-16(6-4-15)29(2,27)28/h3-11,14H,12-13H2,1-2H3,(H,22,23)/t14-/m1/s1. The lowest BCUT2D eigenvalue weighted by Crippen LogP contribution is -2.41. The van der Waals surface area contributed by atoms with Gasteiger partial charge in [0.1, 0.15) is 5.65 Å². The van der Waals surface area contributed by atoms with Crippen molar-refractivity contribution in [3.05, 3.63) is 60.7 Å². The van der Waals surface area contributed by atoms with E-state index in [9.17, 15) is 8.42 Å². The van der Waals surface area contributed by atoms with Crippen LogP contribution < -0.4 is 4.90 Å². The Labute approximate surface area is 168 Å². The number of anilines is 1. The molecule has 148 valence electrons. The number of hydrogen-bond acceptors (Lipinski definition) is 5. The first-order chi connectivity index (χ1) is 13.9.